The lowest BCUT2D eigenvalue weighted by Gasteiger charge is -2.23. The molecule has 2 aromatic carbocycles. The Hall–Kier alpha value is -3.18. The quantitative estimate of drug-likeness (QED) is 0.549. The van der Waals surface area contributed by atoms with E-state index in [9.17, 15) is 4.79 Å². The van der Waals surface area contributed by atoms with E-state index in [1.807, 2.05) is 43.3 Å². The van der Waals surface area contributed by atoms with Crippen molar-refractivity contribution in [1.82, 2.24) is 9.88 Å². The fraction of sp³-hybridized carbons (Fsp3) is 0.357. The number of carbonyl (C=O) groups excluding carboxylic acids is 1. The number of aryl methyl sites for hydroxylation is 1. The van der Waals surface area contributed by atoms with Crippen molar-refractivity contribution >= 4 is 17.4 Å². The van der Waals surface area contributed by atoms with Gasteiger partial charge in [-0.1, -0.05) is 56.3 Å². The Balaban J connectivity index is 1.32. The summed E-state index contributed by atoms with van der Waals surface area (Å²) in [6.45, 7) is 11.4. The molecule has 3 aromatic rings. The number of carbonyl (C=O) groups is 1. The van der Waals surface area contributed by atoms with Gasteiger partial charge in [0.15, 0.2) is 0 Å². The standard InChI is InChI=1S/C28H34N4O/c1-21(2)24-11-9-23(10-12-24)20-31-15-6-16-32(18-17-31)27-14-13-25(19-29-27)30-28(33)26-8-5-4-7-22(26)3/h4-5,7-14,19,21H,6,15-18,20H2,1-3H3,(H,30,33). The molecule has 2 heterocycles. The van der Waals surface area contributed by atoms with Gasteiger partial charge in [-0.25, -0.2) is 4.98 Å². The van der Waals surface area contributed by atoms with Crippen molar-refractivity contribution in [3.05, 3.63) is 89.1 Å². The molecule has 1 saturated heterocycles. The second kappa shape index (κ2) is 10.6. The van der Waals surface area contributed by atoms with Gasteiger partial charge in [0.2, 0.25) is 0 Å². The smallest absolute Gasteiger partial charge is 0.255 e. The predicted octanol–water partition coefficient (Wildman–Crippen LogP) is 5.48. The van der Waals surface area contributed by atoms with Crippen LogP contribution in [0.25, 0.3) is 0 Å². The molecule has 0 atom stereocenters. The molecule has 1 aromatic heterocycles. The van der Waals surface area contributed by atoms with Crippen molar-refractivity contribution in [3.63, 3.8) is 0 Å². The zero-order valence-corrected chi connectivity index (χ0v) is 19.9. The second-order valence-electron chi connectivity index (χ2n) is 9.19. The Morgan fingerprint density at radius 1 is 0.970 bits per heavy atom. The number of aromatic nitrogens is 1. The number of pyridine rings is 1. The number of hydrogen-bond acceptors (Lipinski definition) is 4. The molecule has 0 spiro atoms. The van der Waals surface area contributed by atoms with Crippen molar-refractivity contribution in [2.24, 2.45) is 0 Å². The second-order valence-corrected chi connectivity index (χ2v) is 9.19. The van der Waals surface area contributed by atoms with Gasteiger partial charge in [-0.05, 0) is 54.2 Å². The zero-order chi connectivity index (χ0) is 23.2. The van der Waals surface area contributed by atoms with Crippen LogP contribution in [0.1, 0.15) is 53.2 Å². The first-order valence-electron chi connectivity index (χ1n) is 11.9. The van der Waals surface area contributed by atoms with Crippen LogP contribution >= 0.6 is 0 Å². The summed E-state index contributed by atoms with van der Waals surface area (Å²) in [6.07, 6.45) is 2.86. The SMILES string of the molecule is Cc1ccccc1C(=O)Nc1ccc(N2CCCN(Cc3ccc(C(C)C)cc3)CC2)nc1. The van der Waals surface area contributed by atoms with Crippen LogP contribution in [-0.4, -0.2) is 42.0 Å². The Kier molecular flexibility index (Phi) is 7.40. The number of benzene rings is 2. The normalized spacial score (nSPS) is 14.8. The summed E-state index contributed by atoms with van der Waals surface area (Å²) in [7, 11) is 0. The molecule has 0 aliphatic carbocycles. The van der Waals surface area contributed by atoms with Gasteiger partial charge < -0.3 is 10.2 Å². The topological polar surface area (TPSA) is 48.5 Å². The van der Waals surface area contributed by atoms with E-state index < -0.39 is 0 Å². The van der Waals surface area contributed by atoms with E-state index in [4.69, 9.17) is 0 Å². The van der Waals surface area contributed by atoms with Crippen LogP contribution in [0.2, 0.25) is 0 Å². The number of amides is 1. The maximum absolute atomic E-state index is 12.6. The van der Waals surface area contributed by atoms with E-state index in [0.717, 1.165) is 50.5 Å². The summed E-state index contributed by atoms with van der Waals surface area (Å²) in [4.78, 5) is 22.1. The highest BCUT2D eigenvalue weighted by Crippen LogP contribution is 2.19. The summed E-state index contributed by atoms with van der Waals surface area (Å²) in [6, 6.07) is 20.6. The largest absolute Gasteiger partial charge is 0.355 e. The molecular formula is C28H34N4O. The van der Waals surface area contributed by atoms with E-state index in [1.165, 1.54) is 11.1 Å². The molecule has 4 rings (SSSR count). The maximum atomic E-state index is 12.6. The molecule has 0 unspecified atom stereocenters. The molecule has 0 bridgehead atoms. The summed E-state index contributed by atoms with van der Waals surface area (Å²) >= 11 is 0. The minimum atomic E-state index is -0.102. The first-order valence-corrected chi connectivity index (χ1v) is 11.9. The van der Waals surface area contributed by atoms with E-state index in [0.29, 0.717) is 17.2 Å². The molecule has 1 amide bonds. The monoisotopic (exact) mass is 442 g/mol. The first-order chi connectivity index (χ1) is 16.0. The van der Waals surface area contributed by atoms with Crippen molar-refractivity contribution < 1.29 is 4.79 Å². The minimum absolute atomic E-state index is 0.102. The van der Waals surface area contributed by atoms with Crippen molar-refractivity contribution in [1.29, 1.82) is 0 Å². The van der Waals surface area contributed by atoms with Gasteiger partial charge in [-0.15, -0.1) is 0 Å². The number of hydrogen-bond donors (Lipinski definition) is 1. The van der Waals surface area contributed by atoms with Gasteiger partial charge in [0.05, 0.1) is 11.9 Å². The average Bonchev–Trinajstić information content (AvgIpc) is 3.06. The predicted molar refractivity (Wildman–Crippen MR) is 136 cm³/mol. The molecule has 1 aliphatic heterocycles. The van der Waals surface area contributed by atoms with Gasteiger partial charge in [0.25, 0.3) is 5.91 Å². The highest BCUT2D eigenvalue weighted by atomic mass is 16.1. The Morgan fingerprint density at radius 2 is 1.76 bits per heavy atom. The number of nitrogens with one attached hydrogen (secondary N) is 1. The third kappa shape index (κ3) is 5.99. The third-order valence-electron chi connectivity index (χ3n) is 6.36. The first kappa shape index (κ1) is 23.0. The van der Waals surface area contributed by atoms with E-state index >= 15 is 0 Å². The minimum Gasteiger partial charge on any atom is -0.355 e. The van der Waals surface area contributed by atoms with Gasteiger partial charge in [0, 0.05) is 38.3 Å². The highest BCUT2D eigenvalue weighted by molar-refractivity contribution is 6.05. The average molecular weight is 443 g/mol. The maximum Gasteiger partial charge on any atom is 0.255 e. The highest BCUT2D eigenvalue weighted by Gasteiger charge is 2.17. The van der Waals surface area contributed by atoms with Crippen LogP contribution in [-0.2, 0) is 6.54 Å². The number of nitrogens with zero attached hydrogens (tertiary/aromatic N) is 3. The fourth-order valence-corrected chi connectivity index (χ4v) is 4.30. The van der Waals surface area contributed by atoms with Gasteiger partial charge >= 0.3 is 0 Å². The van der Waals surface area contributed by atoms with Crippen LogP contribution in [0.4, 0.5) is 11.5 Å². The van der Waals surface area contributed by atoms with Crippen LogP contribution in [0.3, 0.4) is 0 Å². The molecule has 172 valence electrons. The van der Waals surface area contributed by atoms with Crippen molar-refractivity contribution in [3.8, 4) is 0 Å². The van der Waals surface area contributed by atoms with Crippen LogP contribution in [0.15, 0.2) is 66.9 Å². The van der Waals surface area contributed by atoms with Crippen LogP contribution in [0, 0.1) is 6.92 Å². The Bertz CT molecular complexity index is 1060. The molecule has 5 nitrogen and oxygen atoms in total. The molecule has 0 saturated carbocycles. The third-order valence-corrected chi connectivity index (χ3v) is 6.36. The van der Waals surface area contributed by atoms with E-state index in [1.54, 1.807) is 6.20 Å². The molecule has 33 heavy (non-hydrogen) atoms. The summed E-state index contributed by atoms with van der Waals surface area (Å²) in [5, 5.41) is 2.96. The molecular weight excluding hydrogens is 408 g/mol. The van der Waals surface area contributed by atoms with Gasteiger partial charge in [0.1, 0.15) is 5.82 Å². The Morgan fingerprint density at radius 3 is 2.45 bits per heavy atom. The summed E-state index contributed by atoms with van der Waals surface area (Å²) < 4.78 is 0. The van der Waals surface area contributed by atoms with Crippen LogP contribution < -0.4 is 10.2 Å². The number of anilines is 2. The van der Waals surface area contributed by atoms with E-state index in [-0.39, 0.29) is 5.91 Å². The van der Waals surface area contributed by atoms with Crippen molar-refractivity contribution in [2.45, 2.75) is 39.7 Å². The fourth-order valence-electron chi connectivity index (χ4n) is 4.30. The lowest BCUT2D eigenvalue weighted by molar-refractivity contribution is 0.102. The summed E-state index contributed by atoms with van der Waals surface area (Å²) in [5.41, 5.74) is 5.14. The molecule has 1 aliphatic rings. The van der Waals surface area contributed by atoms with Crippen LogP contribution in [0.5, 0.6) is 0 Å². The lowest BCUT2D eigenvalue weighted by Crippen LogP contribution is -2.31. The Labute approximate surface area is 197 Å². The molecule has 1 N–H and O–H groups in total. The van der Waals surface area contributed by atoms with E-state index in [2.05, 4.69) is 58.2 Å². The van der Waals surface area contributed by atoms with Crippen molar-refractivity contribution in [2.75, 3.05) is 36.4 Å². The number of rotatable bonds is 6. The lowest BCUT2D eigenvalue weighted by atomic mass is 10.0. The summed E-state index contributed by atoms with van der Waals surface area (Å²) in [5.74, 6) is 1.43. The molecule has 5 heteroatoms. The van der Waals surface area contributed by atoms with Gasteiger partial charge in [-0.2, -0.15) is 0 Å². The molecule has 0 radical (unpaired) electrons. The zero-order valence-electron chi connectivity index (χ0n) is 19.9. The van der Waals surface area contributed by atoms with Gasteiger partial charge in [-0.3, -0.25) is 9.69 Å². The molecule has 1 fully saturated rings.